The number of hydrogen-bond donors (Lipinski definition) is 3. The smallest absolute Gasteiger partial charge is 0.137 e. The summed E-state index contributed by atoms with van der Waals surface area (Å²) in [6.45, 7) is 5.57. The number of H-pyrrole nitrogens is 2. The highest BCUT2D eigenvalue weighted by molar-refractivity contribution is 6.32. The van der Waals surface area contributed by atoms with E-state index in [0.717, 1.165) is 84.0 Å². The highest BCUT2D eigenvalue weighted by Crippen LogP contribution is 2.38. The first-order valence-electron chi connectivity index (χ1n) is 14.3. The SMILES string of the molecule is COc1ccc2c3c([nH]c2c1)C(CC(CC1=NCCc2c1[nH]c1cc(C)ccc21)c1cc(C)c(O)c(Cl)c1)=NCC3. The van der Waals surface area contributed by atoms with Gasteiger partial charge < -0.3 is 19.8 Å². The van der Waals surface area contributed by atoms with Crippen LogP contribution in [0.5, 0.6) is 11.5 Å². The Morgan fingerprint density at radius 3 is 2.07 bits per heavy atom. The van der Waals surface area contributed by atoms with Crippen LogP contribution in [0.3, 0.4) is 0 Å². The fourth-order valence-corrected chi connectivity index (χ4v) is 6.89. The van der Waals surface area contributed by atoms with Crippen LogP contribution in [0.15, 0.2) is 58.5 Å². The first kappa shape index (κ1) is 25.9. The van der Waals surface area contributed by atoms with Crippen molar-refractivity contribution < 1.29 is 9.84 Å². The maximum absolute atomic E-state index is 10.4. The minimum atomic E-state index is 0.0651. The molecule has 0 spiro atoms. The number of phenols is 1. The van der Waals surface area contributed by atoms with Crippen molar-refractivity contribution in [2.45, 2.75) is 45.4 Å². The summed E-state index contributed by atoms with van der Waals surface area (Å²) in [5, 5.41) is 13.3. The number of aromatic hydroxyl groups is 1. The molecule has 0 saturated heterocycles. The molecular weight excluding hydrogens is 532 g/mol. The number of benzene rings is 3. The lowest BCUT2D eigenvalue weighted by molar-refractivity contribution is 0.415. The maximum Gasteiger partial charge on any atom is 0.137 e. The van der Waals surface area contributed by atoms with E-state index in [1.54, 1.807) is 7.11 Å². The number of aromatic nitrogens is 2. The molecule has 2 aromatic heterocycles. The van der Waals surface area contributed by atoms with Gasteiger partial charge in [0.1, 0.15) is 11.5 Å². The van der Waals surface area contributed by atoms with E-state index in [4.69, 9.17) is 26.3 Å². The lowest BCUT2D eigenvalue weighted by atomic mass is 9.84. The van der Waals surface area contributed by atoms with Gasteiger partial charge >= 0.3 is 0 Å². The molecule has 3 aromatic carbocycles. The molecule has 0 bridgehead atoms. The van der Waals surface area contributed by atoms with E-state index in [-0.39, 0.29) is 11.7 Å². The van der Waals surface area contributed by atoms with Crippen LogP contribution in [-0.4, -0.2) is 46.7 Å². The van der Waals surface area contributed by atoms with E-state index in [2.05, 4.69) is 53.3 Å². The van der Waals surface area contributed by atoms with Crippen LogP contribution in [0, 0.1) is 13.8 Å². The van der Waals surface area contributed by atoms with E-state index >= 15 is 0 Å². The second-order valence-corrected chi connectivity index (χ2v) is 11.8. The number of nitrogens with one attached hydrogen (secondary N) is 2. The van der Waals surface area contributed by atoms with Crippen molar-refractivity contribution in [1.82, 2.24) is 9.97 Å². The van der Waals surface area contributed by atoms with Gasteiger partial charge in [-0.15, -0.1) is 0 Å². The average molecular weight is 565 g/mol. The Hall–Kier alpha value is -4.03. The summed E-state index contributed by atoms with van der Waals surface area (Å²) in [6.07, 6.45) is 3.31. The molecular formula is C34H33ClN4O2. The molecule has 0 saturated carbocycles. The van der Waals surface area contributed by atoms with Gasteiger partial charge in [-0.3, -0.25) is 9.98 Å². The Morgan fingerprint density at radius 2 is 1.46 bits per heavy atom. The van der Waals surface area contributed by atoms with Crippen molar-refractivity contribution in [3.05, 3.63) is 92.8 Å². The maximum atomic E-state index is 10.4. The summed E-state index contributed by atoms with van der Waals surface area (Å²) in [4.78, 5) is 17.4. The number of rotatable bonds is 6. The molecule has 3 N–H and O–H groups in total. The van der Waals surface area contributed by atoms with Gasteiger partial charge in [-0.1, -0.05) is 29.8 Å². The molecule has 2 aliphatic heterocycles. The van der Waals surface area contributed by atoms with E-state index in [9.17, 15) is 5.11 Å². The summed E-state index contributed by atoms with van der Waals surface area (Å²) < 4.78 is 5.48. The van der Waals surface area contributed by atoms with Crippen LogP contribution in [0.2, 0.25) is 5.02 Å². The molecule has 7 heteroatoms. The van der Waals surface area contributed by atoms with Gasteiger partial charge in [0.25, 0.3) is 0 Å². The minimum Gasteiger partial charge on any atom is -0.506 e. The number of hydrogen-bond acceptors (Lipinski definition) is 4. The molecule has 41 heavy (non-hydrogen) atoms. The summed E-state index contributed by atoms with van der Waals surface area (Å²) in [5.41, 5.74) is 12.4. The van der Waals surface area contributed by atoms with Gasteiger partial charge in [-0.05, 0) is 97.5 Å². The summed E-state index contributed by atoms with van der Waals surface area (Å²) in [6, 6.07) is 16.8. The molecule has 0 radical (unpaired) electrons. The second kappa shape index (κ2) is 10.1. The fourth-order valence-electron chi connectivity index (χ4n) is 6.61. The molecule has 208 valence electrons. The van der Waals surface area contributed by atoms with Crippen LogP contribution in [-0.2, 0) is 12.8 Å². The Balaban J connectivity index is 1.29. The van der Waals surface area contributed by atoms with Gasteiger partial charge in [0.2, 0.25) is 0 Å². The number of methoxy groups -OCH3 is 1. The summed E-state index contributed by atoms with van der Waals surface area (Å²) >= 11 is 6.53. The predicted octanol–water partition coefficient (Wildman–Crippen LogP) is 7.59. The standard InChI is InChI=1S/C34H33ClN4O2/c1-18-4-6-23-25-8-10-36-30(32(25)38-28(23)12-18)15-21(20-13-19(2)34(40)27(35)14-20)16-31-33-26(9-11-37-31)24-7-5-22(41-3)17-29(24)39-33/h4-7,12-14,17,21,38-40H,8-11,15-16H2,1-3H3. The lowest BCUT2D eigenvalue weighted by Crippen LogP contribution is -2.20. The van der Waals surface area contributed by atoms with Gasteiger partial charge in [0.15, 0.2) is 0 Å². The topological polar surface area (TPSA) is 85.8 Å². The Morgan fingerprint density at radius 1 is 0.854 bits per heavy atom. The third-order valence-corrected chi connectivity index (χ3v) is 9.00. The van der Waals surface area contributed by atoms with Crippen molar-refractivity contribution in [2.75, 3.05) is 20.2 Å². The number of nitrogens with zero attached hydrogens (tertiary/aromatic N) is 2. The first-order chi connectivity index (χ1) is 19.9. The number of halogens is 1. The second-order valence-electron chi connectivity index (χ2n) is 11.3. The van der Waals surface area contributed by atoms with Crippen LogP contribution < -0.4 is 4.74 Å². The molecule has 0 aliphatic carbocycles. The van der Waals surface area contributed by atoms with Gasteiger partial charge in [0, 0.05) is 41.0 Å². The lowest BCUT2D eigenvalue weighted by Gasteiger charge is -2.24. The number of aryl methyl sites for hydroxylation is 2. The number of aromatic amines is 2. The molecule has 1 unspecified atom stereocenters. The van der Waals surface area contributed by atoms with Crippen molar-refractivity contribution >= 4 is 44.8 Å². The fraction of sp³-hybridized carbons (Fsp3) is 0.294. The number of phenolic OH excluding ortho intramolecular Hbond substituents is 1. The molecule has 2 aliphatic rings. The number of ether oxygens (including phenoxy) is 1. The Kier molecular flexibility index (Phi) is 6.39. The minimum absolute atomic E-state index is 0.0651. The molecule has 5 aromatic rings. The monoisotopic (exact) mass is 564 g/mol. The molecule has 0 fully saturated rings. The number of fused-ring (bicyclic) bond motifs is 6. The van der Waals surface area contributed by atoms with Crippen molar-refractivity contribution in [3.63, 3.8) is 0 Å². The Labute approximate surface area is 244 Å². The van der Waals surface area contributed by atoms with Crippen molar-refractivity contribution in [2.24, 2.45) is 9.98 Å². The zero-order valence-electron chi connectivity index (χ0n) is 23.6. The van der Waals surface area contributed by atoms with Gasteiger partial charge in [-0.2, -0.15) is 0 Å². The van der Waals surface area contributed by atoms with Crippen molar-refractivity contribution in [1.29, 1.82) is 0 Å². The van der Waals surface area contributed by atoms with Crippen LogP contribution >= 0.6 is 11.6 Å². The highest BCUT2D eigenvalue weighted by Gasteiger charge is 2.28. The van der Waals surface area contributed by atoms with E-state index in [0.29, 0.717) is 5.02 Å². The van der Waals surface area contributed by atoms with Crippen LogP contribution in [0.4, 0.5) is 0 Å². The average Bonchev–Trinajstić information content (AvgIpc) is 3.53. The van der Waals surface area contributed by atoms with Crippen molar-refractivity contribution in [3.8, 4) is 11.5 Å². The molecule has 1 atom stereocenters. The third kappa shape index (κ3) is 4.51. The quantitative estimate of drug-likeness (QED) is 0.198. The molecule has 7 rings (SSSR count). The van der Waals surface area contributed by atoms with E-state index < -0.39 is 0 Å². The summed E-state index contributed by atoms with van der Waals surface area (Å²) in [7, 11) is 1.69. The van der Waals surface area contributed by atoms with Gasteiger partial charge in [0.05, 0.1) is 34.9 Å². The highest BCUT2D eigenvalue weighted by atomic mass is 35.5. The molecule has 4 heterocycles. The summed E-state index contributed by atoms with van der Waals surface area (Å²) in [5.74, 6) is 1.04. The Bertz CT molecular complexity index is 1870. The normalized spacial score (nSPS) is 15.4. The number of aliphatic imine (C=N–C) groups is 2. The third-order valence-electron chi connectivity index (χ3n) is 8.71. The zero-order chi connectivity index (χ0) is 28.2. The van der Waals surface area contributed by atoms with Gasteiger partial charge in [-0.25, -0.2) is 0 Å². The van der Waals surface area contributed by atoms with Crippen LogP contribution in [0.25, 0.3) is 21.8 Å². The molecule has 0 amide bonds. The first-order valence-corrected chi connectivity index (χ1v) is 14.6. The largest absolute Gasteiger partial charge is 0.506 e. The van der Waals surface area contributed by atoms with E-state index in [1.807, 2.05) is 19.1 Å². The van der Waals surface area contributed by atoms with E-state index in [1.165, 1.54) is 33.0 Å². The van der Waals surface area contributed by atoms with Crippen LogP contribution in [0.1, 0.15) is 58.0 Å². The molecule has 6 nitrogen and oxygen atoms in total. The zero-order valence-corrected chi connectivity index (χ0v) is 24.3. The predicted molar refractivity (Wildman–Crippen MR) is 168 cm³/mol.